The first-order valence-electron chi connectivity index (χ1n) is 6.66. The summed E-state index contributed by atoms with van der Waals surface area (Å²) in [7, 11) is 0. The van der Waals surface area contributed by atoms with E-state index in [1.165, 1.54) is 22.3 Å². The predicted octanol–water partition coefficient (Wildman–Crippen LogP) is 4.05. The Morgan fingerprint density at radius 3 is 2.63 bits per heavy atom. The Kier molecular flexibility index (Phi) is 3.13. The summed E-state index contributed by atoms with van der Waals surface area (Å²) in [6, 6.07) is 4.48. The molecule has 1 N–H and O–H groups in total. The normalized spacial score (nSPS) is 14.1. The van der Waals surface area contributed by atoms with E-state index in [1.54, 1.807) is 0 Å². The van der Waals surface area contributed by atoms with Crippen LogP contribution < -0.4 is 5.32 Å². The molecule has 0 saturated carbocycles. The van der Waals surface area contributed by atoms with Crippen LogP contribution in [0.1, 0.15) is 23.1 Å². The number of halogens is 1. The van der Waals surface area contributed by atoms with Crippen LogP contribution in [0.3, 0.4) is 0 Å². The zero-order valence-corrected chi connectivity index (χ0v) is 13.1. The lowest BCUT2D eigenvalue weighted by Crippen LogP contribution is -2.17. The summed E-state index contributed by atoms with van der Waals surface area (Å²) in [5.74, 6) is 0.978. The molecule has 3 rings (SSSR count). The number of nitrogens with zero attached hydrogens (tertiary/aromatic N) is 2. The van der Waals surface area contributed by atoms with Crippen molar-refractivity contribution in [1.82, 2.24) is 9.55 Å². The van der Waals surface area contributed by atoms with Crippen molar-refractivity contribution < 1.29 is 0 Å². The van der Waals surface area contributed by atoms with Gasteiger partial charge in [0.25, 0.3) is 0 Å². The minimum absolute atomic E-state index is 0.978. The lowest BCUT2D eigenvalue weighted by Gasteiger charge is -2.15. The molecule has 1 aliphatic heterocycles. The first-order chi connectivity index (χ1) is 9.08. The van der Waals surface area contributed by atoms with Crippen LogP contribution in [0.25, 0.3) is 11.3 Å². The molecule has 1 aromatic heterocycles. The van der Waals surface area contributed by atoms with Gasteiger partial charge in [-0.1, -0.05) is 6.07 Å². The molecule has 0 amide bonds. The van der Waals surface area contributed by atoms with Crippen molar-refractivity contribution >= 4 is 21.9 Å². The maximum Gasteiger partial charge on any atom is 0.204 e. The van der Waals surface area contributed by atoms with Crippen molar-refractivity contribution in [2.75, 3.05) is 11.9 Å². The Labute approximate surface area is 122 Å². The second kappa shape index (κ2) is 4.67. The Bertz CT molecular complexity index is 643. The van der Waals surface area contributed by atoms with E-state index >= 15 is 0 Å². The highest BCUT2D eigenvalue weighted by molar-refractivity contribution is 9.10. The number of hydrogen-bond acceptors (Lipinski definition) is 2. The number of fused-ring (bicyclic) bond motifs is 1. The minimum Gasteiger partial charge on any atom is -0.356 e. The van der Waals surface area contributed by atoms with Crippen LogP contribution in [0.4, 0.5) is 5.95 Å². The van der Waals surface area contributed by atoms with Gasteiger partial charge in [0.05, 0.1) is 0 Å². The molecule has 2 heterocycles. The molecular formula is C15H18BrN3. The van der Waals surface area contributed by atoms with Gasteiger partial charge in [-0.25, -0.2) is 4.98 Å². The van der Waals surface area contributed by atoms with E-state index in [1.807, 2.05) is 0 Å². The highest BCUT2D eigenvalue weighted by Crippen LogP contribution is 2.35. The Hall–Kier alpha value is -1.29. The van der Waals surface area contributed by atoms with Crippen molar-refractivity contribution in [1.29, 1.82) is 0 Å². The first kappa shape index (κ1) is 12.7. The summed E-state index contributed by atoms with van der Waals surface area (Å²) in [6.45, 7) is 8.50. The summed E-state index contributed by atoms with van der Waals surface area (Å²) in [6.07, 6.45) is 1.15. The van der Waals surface area contributed by atoms with Crippen LogP contribution in [0.15, 0.2) is 16.7 Å². The molecular weight excluding hydrogens is 302 g/mol. The van der Waals surface area contributed by atoms with E-state index in [2.05, 4.69) is 58.7 Å². The van der Waals surface area contributed by atoms with Gasteiger partial charge in [-0.3, -0.25) is 0 Å². The van der Waals surface area contributed by atoms with Gasteiger partial charge in [0.1, 0.15) is 10.3 Å². The number of nitrogens with one attached hydrogen (secondary N) is 1. The van der Waals surface area contributed by atoms with Crippen LogP contribution in [-0.2, 0) is 6.54 Å². The van der Waals surface area contributed by atoms with E-state index in [4.69, 9.17) is 4.98 Å². The highest BCUT2D eigenvalue weighted by atomic mass is 79.9. The van der Waals surface area contributed by atoms with Crippen molar-refractivity contribution in [2.45, 2.75) is 33.7 Å². The molecule has 0 atom stereocenters. The average Bonchev–Trinajstić information content (AvgIpc) is 2.72. The number of aryl methyl sites for hydroxylation is 3. The van der Waals surface area contributed by atoms with E-state index in [9.17, 15) is 0 Å². The molecule has 3 nitrogen and oxygen atoms in total. The van der Waals surface area contributed by atoms with Gasteiger partial charge in [-0.2, -0.15) is 0 Å². The van der Waals surface area contributed by atoms with Crippen molar-refractivity contribution in [3.05, 3.63) is 33.4 Å². The van der Waals surface area contributed by atoms with Crippen molar-refractivity contribution in [3.8, 4) is 11.3 Å². The fraction of sp³-hybridized carbons (Fsp3) is 0.400. The van der Waals surface area contributed by atoms with Gasteiger partial charge in [-0.15, -0.1) is 0 Å². The van der Waals surface area contributed by atoms with Crippen LogP contribution in [0, 0.1) is 20.8 Å². The molecule has 2 aromatic rings. The molecule has 4 heteroatoms. The summed E-state index contributed by atoms with van der Waals surface area (Å²) < 4.78 is 3.30. The Balaban J connectivity index is 2.17. The quantitative estimate of drug-likeness (QED) is 0.859. The summed E-state index contributed by atoms with van der Waals surface area (Å²) in [4.78, 5) is 4.76. The molecule has 0 fully saturated rings. The molecule has 100 valence electrons. The second-order valence-corrected chi connectivity index (χ2v) is 6.01. The first-order valence-corrected chi connectivity index (χ1v) is 7.45. The molecule has 1 aromatic carbocycles. The molecule has 0 aliphatic carbocycles. The van der Waals surface area contributed by atoms with Crippen LogP contribution in [-0.4, -0.2) is 16.1 Å². The summed E-state index contributed by atoms with van der Waals surface area (Å²) >= 11 is 3.71. The molecule has 0 unspecified atom stereocenters. The molecule has 0 bridgehead atoms. The third-order valence-corrected chi connectivity index (χ3v) is 4.65. The van der Waals surface area contributed by atoms with Crippen molar-refractivity contribution in [2.24, 2.45) is 0 Å². The Morgan fingerprint density at radius 2 is 1.89 bits per heavy atom. The van der Waals surface area contributed by atoms with E-state index in [0.29, 0.717) is 0 Å². The number of aromatic nitrogens is 2. The number of imidazole rings is 1. The van der Waals surface area contributed by atoms with Crippen LogP contribution >= 0.6 is 15.9 Å². The van der Waals surface area contributed by atoms with E-state index in [0.717, 1.165) is 35.8 Å². The molecule has 0 radical (unpaired) electrons. The lowest BCUT2D eigenvalue weighted by atomic mass is 9.99. The maximum atomic E-state index is 4.76. The van der Waals surface area contributed by atoms with E-state index in [-0.39, 0.29) is 0 Å². The average molecular weight is 320 g/mol. The maximum absolute atomic E-state index is 4.76. The number of anilines is 1. The molecule has 0 saturated heterocycles. The largest absolute Gasteiger partial charge is 0.356 e. The third kappa shape index (κ3) is 2.08. The van der Waals surface area contributed by atoms with Crippen LogP contribution in [0.2, 0.25) is 0 Å². The van der Waals surface area contributed by atoms with Gasteiger partial charge < -0.3 is 9.88 Å². The van der Waals surface area contributed by atoms with Gasteiger partial charge in [0, 0.05) is 18.7 Å². The summed E-state index contributed by atoms with van der Waals surface area (Å²) in [5, 5.41) is 3.36. The SMILES string of the molecule is Cc1cc(C)c(-c2nc3n(c2Br)CCCN3)cc1C. The topological polar surface area (TPSA) is 29.9 Å². The van der Waals surface area contributed by atoms with Gasteiger partial charge in [-0.05, 0) is 65.9 Å². The number of rotatable bonds is 1. The number of benzene rings is 1. The fourth-order valence-electron chi connectivity index (χ4n) is 2.60. The van der Waals surface area contributed by atoms with Gasteiger partial charge in [0.2, 0.25) is 5.95 Å². The minimum atomic E-state index is 0.978. The van der Waals surface area contributed by atoms with Crippen molar-refractivity contribution in [3.63, 3.8) is 0 Å². The lowest BCUT2D eigenvalue weighted by molar-refractivity contribution is 0.618. The Morgan fingerprint density at radius 1 is 1.16 bits per heavy atom. The predicted molar refractivity (Wildman–Crippen MR) is 82.7 cm³/mol. The molecule has 19 heavy (non-hydrogen) atoms. The van der Waals surface area contributed by atoms with Gasteiger partial charge >= 0.3 is 0 Å². The molecule has 0 spiro atoms. The number of hydrogen-bond donors (Lipinski definition) is 1. The van der Waals surface area contributed by atoms with E-state index < -0.39 is 0 Å². The fourth-order valence-corrected chi connectivity index (χ4v) is 3.24. The third-order valence-electron chi connectivity index (χ3n) is 3.84. The second-order valence-electron chi connectivity index (χ2n) is 5.26. The standard InChI is InChI=1S/C15H18BrN3/c1-9-7-11(3)12(8-10(9)2)13-14(16)19-6-4-5-17-15(19)18-13/h7-8H,4-6H2,1-3H3,(H,17,18). The zero-order valence-electron chi connectivity index (χ0n) is 11.5. The highest BCUT2D eigenvalue weighted by Gasteiger charge is 2.20. The summed E-state index contributed by atoms with van der Waals surface area (Å²) in [5.41, 5.74) is 6.19. The monoisotopic (exact) mass is 319 g/mol. The smallest absolute Gasteiger partial charge is 0.204 e. The van der Waals surface area contributed by atoms with Crippen LogP contribution in [0.5, 0.6) is 0 Å². The zero-order chi connectivity index (χ0) is 13.6. The molecule has 1 aliphatic rings. The van der Waals surface area contributed by atoms with Gasteiger partial charge in [0.15, 0.2) is 0 Å².